The van der Waals surface area contributed by atoms with E-state index in [1.54, 1.807) is 11.0 Å². The number of phenolic OH excluding ortho intramolecular Hbond substituents is 1. The van der Waals surface area contributed by atoms with E-state index in [1.165, 1.54) is 11.0 Å². The first-order valence-corrected chi connectivity index (χ1v) is 13.9. The number of carbonyl (C=O) groups excluding carboxylic acids is 1. The third-order valence-corrected chi connectivity index (χ3v) is 8.08. The summed E-state index contributed by atoms with van der Waals surface area (Å²) in [6, 6.07) is 8.90. The predicted octanol–water partition coefficient (Wildman–Crippen LogP) is 3.99. The summed E-state index contributed by atoms with van der Waals surface area (Å²) in [6.07, 6.45) is 2.08. The van der Waals surface area contributed by atoms with Crippen LogP contribution in [0.25, 0.3) is 10.8 Å². The fourth-order valence-corrected chi connectivity index (χ4v) is 6.02. The fourth-order valence-electron chi connectivity index (χ4n) is 6.02. The number of amides is 1. The average Bonchev–Trinajstić information content (AvgIpc) is 3.57. The molecule has 1 N–H and O–H groups in total. The smallest absolute Gasteiger partial charge is 0.318 e. The average molecular weight is 568 g/mol. The molecule has 3 aromatic rings. The Morgan fingerprint density at radius 3 is 2.76 bits per heavy atom. The lowest BCUT2D eigenvalue weighted by atomic mass is 9.98. The molecule has 3 heterocycles. The maximum absolute atomic E-state index is 14.6. The molecule has 1 saturated heterocycles. The minimum Gasteiger partial charge on any atom is -0.508 e. The second-order valence-corrected chi connectivity index (χ2v) is 11.9. The van der Waals surface area contributed by atoms with Crippen molar-refractivity contribution in [2.75, 3.05) is 58.5 Å². The summed E-state index contributed by atoms with van der Waals surface area (Å²) < 4.78 is 40.5. The van der Waals surface area contributed by atoms with Crippen molar-refractivity contribution in [3.8, 4) is 11.8 Å². The largest absolute Gasteiger partial charge is 0.508 e. The number of ether oxygens (including phenoxy) is 2. The highest BCUT2D eigenvalue weighted by Crippen LogP contribution is 2.46. The second kappa shape index (κ2) is 10.4. The highest BCUT2D eigenvalue weighted by Gasteiger charge is 2.44. The third-order valence-electron chi connectivity index (χ3n) is 8.08. The molecular weight excluding hydrogens is 532 g/mol. The van der Waals surface area contributed by atoms with Gasteiger partial charge in [-0.25, -0.2) is 8.78 Å². The number of nitrogens with zero attached hydrogens (tertiary/aromatic N) is 5. The van der Waals surface area contributed by atoms with Gasteiger partial charge in [0.05, 0.1) is 44.1 Å². The van der Waals surface area contributed by atoms with Crippen molar-refractivity contribution in [2.45, 2.75) is 38.8 Å². The number of carbonyl (C=O) groups is 1. The van der Waals surface area contributed by atoms with Crippen LogP contribution in [0, 0.1) is 12.3 Å². The van der Waals surface area contributed by atoms with Gasteiger partial charge in [0.2, 0.25) is 0 Å². The van der Waals surface area contributed by atoms with Crippen molar-refractivity contribution < 1.29 is 28.2 Å². The maximum atomic E-state index is 14.6. The van der Waals surface area contributed by atoms with Crippen molar-refractivity contribution in [1.29, 1.82) is 0 Å². The lowest BCUT2D eigenvalue weighted by molar-refractivity contribution is -0.0564. The molecule has 0 atom stereocenters. The Balaban J connectivity index is 1.34. The van der Waals surface area contributed by atoms with Crippen molar-refractivity contribution in [3.63, 3.8) is 0 Å². The normalized spacial score (nSPS) is 19.4. The number of anilines is 1. The van der Waals surface area contributed by atoms with E-state index in [2.05, 4.69) is 14.9 Å². The van der Waals surface area contributed by atoms with Crippen molar-refractivity contribution in [2.24, 2.45) is 5.41 Å². The standard InChI is InChI=1S/C30H35F2N5O4/c1-19-5-4-6-20-11-21(38)12-22(25(19)20)27(39)37-13-23-24(14-37)33-28(41-17-29(7-8-29)15-35(2)3)34-26(23)36-9-10-40-18-30(31,32)16-36/h4-6,11-12,38H,7-10,13-18H2,1-3H3. The van der Waals surface area contributed by atoms with Crippen LogP contribution < -0.4 is 9.64 Å². The highest BCUT2D eigenvalue weighted by molar-refractivity contribution is 6.09. The molecule has 6 rings (SSSR count). The predicted molar refractivity (Wildman–Crippen MR) is 150 cm³/mol. The summed E-state index contributed by atoms with van der Waals surface area (Å²) in [4.78, 5) is 28.5. The summed E-state index contributed by atoms with van der Waals surface area (Å²) in [5.41, 5.74) is 2.53. The number of aromatic hydroxyl groups is 1. The van der Waals surface area contributed by atoms with Crippen LogP contribution in [0.4, 0.5) is 14.6 Å². The van der Waals surface area contributed by atoms with Gasteiger partial charge < -0.3 is 29.3 Å². The summed E-state index contributed by atoms with van der Waals surface area (Å²) in [5, 5.41) is 11.9. The third kappa shape index (κ3) is 5.65. The number of phenols is 1. The Hall–Kier alpha value is -3.57. The molecule has 1 aliphatic carbocycles. The summed E-state index contributed by atoms with van der Waals surface area (Å²) in [5.74, 6) is -2.98. The van der Waals surface area contributed by atoms with E-state index in [0.717, 1.165) is 35.7 Å². The number of aromatic nitrogens is 2. The van der Waals surface area contributed by atoms with Gasteiger partial charge in [0.15, 0.2) is 0 Å². The molecule has 0 spiro atoms. The molecule has 11 heteroatoms. The van der Waals surface area contributed by atoms with E-state index in [1.807, 2.05) is 39.2 Å². The van der Waals surface area contributed by atoms with Crippen LogP contribution in [-0.2, 0) is 17.8 Å². The number of fused-ring (bicyclic) bond motifs is 2. The number of benzene rings is 2. The number of alkyl halides is 2. The zero-order valence-electron chi connectivity index (χ0n) is 23.6. The molecule has 3 aliphatic rings. The molecule has 41 heavy (non-hydrogen) atoms. The van der Waals surface area contributed by atoms with Crippen molar-refractivity contribution >= 4 is 22.5 Å². The first-order valence-electron chi connectivity index (χ1n) is 13.9. The number of hydrogen-bond acceptors (Lipinski definition) is 8. The molecule has 2 fully saturated rings. The molecular formula is C30H35F2N5O4. The Labute approximate surface area is 237 Å². The van der Waals surface area contributed by atoms with Crippen LogP contribution in [0.3, 0.4) is 0 Å². The molecule has 218 valence electrons. The van der Waals surface area contributed by atoms with Gasteiger partial charge in [0, 0.05) is 24.1 Å². The summed E-state index contributed by atoms with van der Waals surface area (Å²) >= 11 is 0. The van der Waals surface area contributed by atoms with E-state index >= 15 is 0 Å². The second-order valence-electron chi connectivity index (χ2n) is 11.9. The summed E-state index contributed by atoms with van der Waals surface area (Å²) in [6.45, 7) is 2.72. The monoisotopic (exact) mass is 567 g/mol. The topological polar surface area (TPSA) is 91.3 Å². The van der Waals surface area contributed by atoms with Gasteiger partial charge in [0.1, 0.15) is 18.2 Å². The number of aryl methyl sites for hydroxylation is 1. The quantitative estimate of drug-likeness (QED) is 0.459. The SMILES string of the molecule is Cc1cccc2cc(O)cc(C(=O)N3Cc4nc(OCC5(CN(C)C)CC5)nc(N5CCOCC(F)(F)C5)c4C3)c12. The Morgan fingerprint density at radius 2 is 2.00 bits per heavy atom. The van der Waals surface area contributed by atoms with Crippen LogP contribution in [0.15, 0.2) is 30.3 Å². The van der Waals surface area contributed by atoms with Gasteiger partial charge in [-0.15, -0.1) is 0 Å². The number of halogens is 2. The highest BCUT2D eigenvalue weighted by atomic mass is 19.3. The molecule has 0 unspecified atom stereocenters. The van der Waals surface area contributed by atoms with Gasteiger partial charge >= 0.3 is 6.01 Å². The fraction of sp³-hybridized carbons (Fsp3) is 0.500. The van der Waals surface area contributed by atoms with Crippen molar-refractivity contribution in [1.82, 2.24) is 19.8 Å². The first kappa shape index (κ1) is 27.6. The number of hydrogen-bond donors (Lipinski definition) is 1. The van der Waals surface area contributed by atoms with E-state index in [9.17, 15) is 18.7 Å². The van der Waals surface area contributed by atoms with Gasteiger partial charge in [0.25, 0.3) is 11.8 Å². The van der Waals surface area contributed by atoms with E-state index < -0.39 is 19.1 Å². The minimum atomic E-state index is -3.05. The molecule has 1 amide bonds. The zero-order valence-corrected chi connectivity index (χ0v) is 23.6. The van der Waals surface area contributed by atoms with Crippen LogP contribution >= 0.6 is 0 Å². The van der Waals surface area contributed by atoms with Gasteiger partial charge in [-0.05, 0) is 62.3 Å². The molecule has 1 saturated carbocycles. The molecule has 2 aliphatic heterocycles. The lowest BCUT2D eigenvalue weighted by Crippen LogP contribution is -2.38. The Morgan fingerprint density at radius 1 is 1.20 bits per heavy atom. The van der Waals surface area contributed by atoms with E-state index in [4.69, 9.17) is 9.47 Å². The van der Waals surface area contributed by atoms with E-state index in [-0.39, 0.29) is 49.3 Å². The Kier molecular flexibility index (Phi) is 6.97. The van der Waals surface area contributed by atoms with Crippen LogP contribution in [0.1, 0.15) is 40.0 Å². The van der Waals surface area contributed by atoms with Gasteiger partial charge in [-0.3, -0.25) is 4.79 Å². The molecule has 2 aromatic carbocycles. The first-order chi connectivity index (χ1) is 19.5. The van der Waals surface area contributed by atoms with E-state index in [0.29, 0.717) is 29.2 Å². The molecule has 0 radical (unpaired) electrons. The van der Waals surface area contributed by atoms with Crippen LogP contribution in [-0.4, -0.2) is 90.3 Å². The van der Waals surface area contributed by atoms with Crippen molar-refractivity contribution in [3.05, 3.63) is 52.7 Å². The van der Waals surface area contributed by atoms with Gasteiger partial charge in [-0.2, -0.15) is 9.97 Å². The zero-order chi connectivity index (χ0) is 28.9. The lowest BCUT2D eigenvalue weighted by Gasteiger charge is -2.26. The minimum absolute atomic E-state index is 0.00199. The molecule has 1 aromatic heterocycles. The van der Waals surface area contributed by atoms with Crippen LogP contribution in [0.2, 0.25) is 0 Å². The van der Waals surface area contributed by atoms with Gasteiger partial charge in [-0.1, -0.05) is 18.2 Å². The number of rotatable bonds is 7. The molecule has 9 nitrogen and oxygen atoms in total. The Bertz CT molecular complexity index is 1490. The maximum Gasteiger partial charge on any atom is 0.318 e. The molecule has 0 bridgehead atoms. The summed E-state index contributed by atoms with van der Waals surface area (Å²) in [7, 11) is 4.04. The van der Waals surface area contributed by atoms with Crippen LogP contribution in [0.5, 0.6) is 11.8 Å².